The zero-order valence-electron chi connectivity index (χ0n) is 11.2. The Kier molecular flexibility index (Phi) is 3.44. The van der Waals surface area contributed by atoms with Crippen LogP contribution < -0.4 is 5.73 Å². The summed E-state index contributed by atoms with van der Waals surface area (Å²) in [6, 6.07) is 10.9. The normalized spacial score (nSPS) is 26.2. The summed E-state index contributed by atoms with van der Waals surface area (Å²) in [7, 11) is -3.35. The third kappa shape index (κ3) is 2.10. The molecular weight excluding hydrogens is 290 g/mol. The highest BCUT2D eigenvalue weighted by molar-refractivity contribution is 7.94. The minimum Gasteiger partial charge on any atom is -0.323 e. The van der Waals surface area contributed by atoms with E-state index in [1.54, 1.807) is 17.5 Å². The van der Waals surface area contributed by atoms with Crippen LogP contribution in [0.4, 0.5) is 0 Å². The lowest BCUT2D eigenvalue weighted by Gasteiger charge is -2.34. The zero-order chi connectivity index (χ0) is 14.3. The van der Waals surface area contributed by atoms with Gasteiger partial charge in [-0.15, -0.1) is 11.3 Å². The van der Waals surface area contributed by atoms with E-state index in [1.807, 2.05) is 24.3 Å². The molecule has 20 heavy (non-hydrogen) atoms. The van der Waals surface area contributed by atoms with E-state index in [4.69, 9.17) is 5.73 Å². The number of benzene rings is 1. The van der Waals surface area contributed by atoms with Crippen LogP contribution in [0.1, 0.15) is 36.4 Å². The summed E-state index contributed by atoms with van der Waals surface area (Å²) in [5.74, 6) is 0.214. The van der Waals surface area contributed by atoms with Crippen LogP contribution in [0.5, 0.6) is 0 Å². The first-order valence-electron chi connectivity index (χ1n) is 6.63. The lowest BCUT2D eigenvalue weighted by atomic mass is 9.81. The van der Waals surface area contributed by atoms with Gasteiger partial charge in [-0.25, -0.2) is 8.42 Å². The number of fused-ring (bicyclic) bond motifs is 1. The van der Waals surface area contributed by atoms with E-state index >= 15 is 0 Å². The van der Waals surface area contributed by atoms with Gasteiger partial charge in [0, 0.05) is 6.04 Å². The third-order valence-corrected chi connectivity index (χ3v) is 7.67. The predicted octanol–water partition coefficient (Wildman–Crippen LogP) is 3.10. The van der Waals surface area contributed by atoms with Crippen molar-refractivity contribution in [2.45, 2.75) is 34.8 Å². The summed E-state index contributed by atoms with van der Waals surface area (Å²) in [6.45, 7) is 2.07. The van der Waals surface area contributed by atoms with Gasteiger partial charge in [-0.2, -0.15) is 0 Å². The van der Waals surface area contributed by atoms with E-state index in [2.05, 4.69) is 6.92 Å². The fourth-order valence-electron chi connectivity index (χ4n) is 2.98. The van der Waals surface area contributed by atoms with Crippen molar-refractivity contribution in [1.29, 1.82) is 0 Å². The molecule has 1 aromatic carbocycles. The Labute approximate surface area is 123 Å². The Morgan fingerprint density at radius 3 is 2.50 bits per heavy atom. The molecule has 0 spiro atoms. The maximum atomic E-state index is 12.7. The van der Waals surface area contributed by atoms with Crippen molar-refractivity contribution in [1.82, 2.24) is 0 Å². The molecule has 1 aliphatic rings. The monoisotopic (exact) mass is 307 g/mol. The van der Waals surface area contributed by atoms with E-state index in [-0.39, 0.29) is 5.92 Å². The second-order valence-electron chi connectivity index (χ2n) is 5.31. The topological polar surface area (TPSA) is 60.2 Å². The quantitative estimate of drug-likeness (QED) is 0.927. The van der Waals surface area contributed by atoms with Crippen molar-refractivity contribution in [3.05, 3.63) is 52.9 Å². The highest BCUT2D eigenvalue weighted by Gasteiger charge is 2.40. The molecule has 1 heterocycles. The first-order chi connectivity index (χ1) is 9.51. The molecule has 2 N–H and O–H groups in total. The molecule has 3 nitrogen and oxygen atoms in total. The molecule has 3 rings (SSSR count). The van der Waals surface area contributed by atoms with Gasteiger partial charge in [-0.1, -0.05) is 37.3 Å². The molecule has 1 aliphatic carbocycles. The molecular formula is C15H17NO2S2. The Balaban J connectivity index is 2.06. The van der Waals surface area contributed by atoms with Crippen LogP contribution in [0.2, 0.25) is 0 Å². The van der Waals surface area contributed by atoms with Crippen LogP contribution in [0.3, 0.4) is 0 Å². The summed E-state index contributed by atoms with van der Waals surface area (Å²) in [5.41, 5.74) is 8.42. The maximum Gasteiger partial charge on any atom is 0.192 e. The number of nitrogens with two attached hydrogens (primary N) is 1. The minimum absolute atomic E-state index is 0.214. The second kappa shape index (κ2) is 4.98. The summed E-state index contributed by atoms with van der Waals surface area (Å²) in [4.78, 5) is 0. The Morgan fingerprint density at radius 1 is 1.15 bits per heavy atom. The van der Waals surface area contributed by atoms with Gasteiger partial charge in [0.1, 0.15) is 4.21 Å². The standard InChI is InChI=1S/C15H17NO2S2/c1-10-9-13(20(17,18)14-7-4-8-19-14)15(16)12-6-3-2-5-11(10)12/h2-8,10,13,15H,9,16H2,1H3. The Bertz CT molecular complexity index is 707. The molecule has 1 aromatic heterocycles. The molecule has 5 heteroatoms. The predicted molar refractivity (Wildman–Crippen MR) is 81.7 cm³/mol. The van der Waals surface area contributed by atoms with Crippen molar-refractivity contribution in [2.75, 3.05) is 0 Å². The first-order valence-corrected chi connectivity index (χ1v) is 9.06. The number of thiophene rings is 1. The van der Waals surface area contributed by atoms with Gasteiger partial charge in [0.15, 0.2) is 9.84 Å². The van der Waals surface area contributed by atoms with Gasteiger partial charge < -0.3 is 5.73 Å². The lowest BCUT2D eigenvalue weighted by molar-refractivity contribution is 0.489. The molecule has 106 valence electrons. The van der Waals surface area contributed by atoms with Crippen LogP contribution >= 0.6 is 11.3 Å². The van der Waals surface area contributed by atoms with E-state index in [0.29, 0.717) is 10.6 Å². The molecule has 0 amide bonds. The molecule has 0 saturated heterocycles. The Morgan fingerprint density at radius 2 is 1.85 bits per heavy atom. The van der Waals surface area contributed by atoms with Crippen molar-refractivity contribution < 1.29 is 8.42 Å². The smallest absolute Gasteiger partial charge is 0.192 e. The Hall–Kier alpha value is -1.17. The van der Waals surface area contributed by atoms with E-state index < -0.39 is 21.1 Å². The summed E-state index contributed by atoms with van der Waals surface area (Å²) in [5, 5.41) is 1.25. The number of hydrogen-bond donors (Lipinski definition) is 1. The van der Waals surface area contributed by atoms with Crippen LogP contribution in [-0.4, -0.2) is 13.7 Å². The van der Waals surface area contributed by atoms with Gasteiger partial charge in [0.2, 0.25) is 0 Å². The number of rotatable bonds is 2. The van der Waals surface area contributed by atoms with Crippen LogP contribution in [0.15, 0.2) is 46.0 Å². The van der Waals surface area contributed by atoms with Crippen LogP contribution in [0, 0.1) is 0 Å². The van der Waals surface area contributed by atoms with Gasteiger partial charge in [0.05, 0.1) is 5.25 Å². The van der Waals surface area contributed by atoms with Crippen molar-refractivity contribution in [3.63, 3.8) is 0 Å². The SMILES string of the molecule is CC1CC(S(=O)(=O)c2cccs2)C(N)c2ccccc21. The van der Waals surface area contributed by atoms with Gasteiger partial charge in [-0.3, -0.25) is 0 Å². The largest absolute Gasteiger partial charge is 0.323 e. The first kappa shape index (κ1) is 13.8. The van der Waals surface area contributed by atoms with Crippen LogP contribution in [-0.2, 0) is 9.84 Å². The molecule has 0 radical (unpaired) electrons. The van der Waals surface area contributed by atoms with Crippen molar-refractivity contribution >= 4 is 21.2 Å². The fraction of sp³-hybridized carbons (Fsp3) is 0.333. The van der Waals surface area contributed by atoms with E-state index in [0.717, 1.165) is 5.56 Å². The highest BCUT2D eigenvalue weighted by Crippen LogP contribution is 2.41. The molecule has 0 saturated carbocycles. The average Bonchev–Trinajstić information content (AvgIpc) is 2.97. The maximum absolute atomic E-state index is 12.7. The molecule has 3 unspecified atom stereocenters. The number of hydrogen-bond acceptors (Lipinski definition) is 4. The second-order valence-corrected chi connectivity index (χ2v) is 8.65. The van der Waals surface area contributed by atoms with E-state index in [9.17, 15) is 8.42 Å². The summed E-state index contributed by atoms with van der Waals surface area (Å²) >= 11 is 1.26. The number of sulfone groups is 1. The highest BCUT2D eigenvalue weighted by atomic mass is 32.2. The van der Waals surface area contributed by atoms with Gasteiger partial charge in [0.25, 0.3) is 0 Å². The fourth-order valence-corrected chi connectivity index (χ4v) is 6.14. The zero-order valence-corrected chi connectivity index (χ0v) is 12.8. The van der Waals surface area contributed by atoms with Crippen molar-refractivity contribution in [2.24, 2.45) is 5.73 Å². The summed E-state index contributed by atoms with van der Waals surface area (Å²) in [6.07, 6.45) is 0.582. The van der Waals surface area contributed by atoms with Gasteiger partial charge in [-0.05, 0) is 34.9 Å². The molecule has 0 aliphatic heterocycles. The lowest BCUT2D eigenvalue weighted by Crippen LogP contribution is -2.38. The molecule has 3 atom stereocenters. The molecule has 0 fully saturated rings. The van der Waals surface area contributed by atoms with E-state index in [1.165, 1.54) is 16.9 Å². The van der Waals surface area contributed by atoms with Gasteiger partial charge >= 0.3 is 0 Å². The van der Waals surface area contributed by atoms with Crippen LogP contribution in [0.25, 0.3) is 0 Å². The molecule has 2 aromatic rings. The third-order valence-electron chi connectivity index (χ3n) is 4.05. The minimum atomic E-state index is -3.35. The average molecular weight is 307 g/mol. The molecule has 0 bridgehead atoms. The summed E-state index contributed by atoms with van der Waals surface area (Å²) < 4.78 is 25.9. The van der Waals surface area contributed by atoms with Crippen molar-refractivity contribution in [3.8, 4) is 0 Å².